The van der Waals surface area contributed by atoms with E-state index in [1.54, 1.807) is 30.3 Å². The number of hydrogen-bond donors (Lipinski definition) is 0. The molecule has 2 aromatic rings. The summed E-state index contributed by atoms with van der Waals surface area (Å²) < 4.78 is 13.8. The fraction of sp³-hybridized carbons (Fsp3) is 0. The largest absolute Gasteiger partial charge is 0.272 e. The first-order chi connectivity index (χ1) is 11.2. The first-order valence-electron chi connectivity index (χ1n) is 6.27. The number of benzene rings is 2. The summed E-state index contributed by atoms with van der Waals surface area (Å²) in [5, 5.41) is 6.87. The van der Waals surface area contributed by atoms with Crippen LogP contribution in [-0.4, -0.2) is 10.1 Å². The minimum Gasteiger partial charge on any atom is -0.268 e. The molecule has 1 amide bonds. The summed E-state index contributed by atoms with van der Waals surface area (Å²) in [6.45, 7) is 0. The second-order valence-electron chi connectivity index (χ2n) is 4.40. The van der Waals surface area contributed by atoms with Crippen LogP contribution in [0, 0.1) is 0 Å². The molecule has 0 saturated heterocycles. The molecule has 0 saturated carbocycles. The molecule has 0 N–H and O–H groups in total. The molecule has 1 aliphatic heterocycles. The zero-order valence-corrected chi connectivity index (χ0v) is 12.2. The predicted molar refractivity (Wildman–Crippen MR) is 83.7 cm³/mol. The number of carbonyl (C=O) groups is 1. The summed E-state index contributed by atoms with van der Waals surface area (Å²) >= 11 is 0. The van der Waals surface area contributed by atoms with Crippen molar-refractivity contribution in [2.24, 2.45) is 10.2 Å². The Balaban J connectivity index is 2.23. The van der Waals surface area contributed by atoms with Gasteiger partial charge in [0, 0.05) is 15.5 Å². The molecule has 0 fully saturated rings. The van der Waals surface area contributed by atoms with E-state index < -0.39 is 16.9 Å². The quantitative estimate of drug-likeness (QED) is 0.473. The highest BCUT2D eigenvalue weighted by atomic mass is 32.2. The predicted octanol–water partition coefficient (Wildman–Crippen LogP) is 4.25. The lowest BCUT2D eigenvalue weighted by Crippen LogP contribution is -2.25. The van der Waals surface area contributed by atoms with Gasteiger partial charge >= 0.3 is 0 Å². The van der Waals surface area contributed by atoms with Crippen molar-refractivity contribution in [1.29, 1.82) is 0 Å². The third kappa shape index (κ3) is 2.39. The molecule has 1 unspecified atom stereocenters. The number of rotatable bonds is 3. The SMILES string of the molecule is [N-]=[N+]=Nc1cc(N=[N+]=[N-])c2c(c1)S(=O)N(c1ccccc1)C2=O. The van der Waals surface area contributed by atoms with Crippen LogP contribution in [0.2, 0.25) is 0 Å². The van der Waals surface area contributed by atoms with Gasteiger partial charge in [-0.3, -0.25) is 4.79 Å². The van der Waals surface area contributed by atoms with Crippen LogP contribution in [0.25, 0.3) is 20.9 Å². The Kier molecular flexibility index (Phi) is 3.70. The van der Waals surface area contributed by atoms with Gasteiger partial charge in [0.2, 0.25) is 0 Å². The third-order valence-corrected chi connectivity index (χ3v) is 4.53. The van der Waals surface area contributed by atoms with Gasteiger partial charge < -0.3 is 0 Å². The van der Waals surface area contributed by atoms with Crippen LogP contribution in [0.5, 0.6) is 0 Å². The maximum atomic E-state index is 12.7. The number of azide groups is 2. The molecule has 0 aliphatic carbocycles. The van der Waals surface area contributed by atoms with E-state index in [1.807, 2.05) is 0 Å². The fourth-order valence-electron chi connectivity index (χ4n) is 2.23. The molecule has 1 heterocycles. The molecule has 1 aliphatic rings. The highest BCUT2D eigenvalue weighted by Crippen LogP contribution is 2.40. The van der Waals surface area contributed by atoms with Crippen LogP contribution in [0.15, 0.2) is 57.6 Å². The van der Waals surface area contributed by atoms with Gasteiger partial charge in [-0.2, -0.15) is 0 Å². The molecule has 2 aromatic carbocycles. The minimum atomic E-state index is -1.83. The molecule has 10 heteroatoms. The Bertz CT molecular complexity index is 931. The average Bonchev–Trinajstić information content (AvgIpc) is 2.80. The summed E-state index contributed by atoms with van der Waals surface area (Å²) in [4.78, 5) is 18.1. The van der Waals surface area contributed by atoms with Crippen LogP contribution >= 0.6 is 0 Å². The number of fused-ring (bicyclic) bond motifs is 1. The minimum absolute atomic E-state index is 0.0239. The number of anilines is 1. The Labute approximate surface area is 132 Å². The Hall–Kier alpha value is -3.32. The normalized spacial score (nSPS) is 15.6. The van der Waals surface area contributed by atoms with Crippen LogP contribution in [-0.2, 0) is 11.0 Å². The molecule has 0 spiro atoms. The van der Waals surface area contributed by atoms with Crippen LogP contribution in [0.1, 0.15) is 10.4 Å². The summed E-state index contributed by atoms with van der Waals surface area (Å²) in [6.07, 6.45) is 0. The van der Waals surface area contributed by atoms with E-state index in [2.05, 4.69) is 20.1 Å². The van der Waals surface area contributed by atoms with Crippen molar-refractivity contribution in [3.05, 3.63) is 68.9 Å². The lowest BCUT2D eigenvalue weighted by atomic mass is 10.1. The van der Waals surface area contributed by atoms with Crippen molar-refractivity contribution in [3.8, 4) is 0 Å². The highest BCUT2D eigenvalue weighted by molar-refractivity contribution is 7.88. The van der Waals surface area contributed by atoms with Gasteiger partial charge in [0.25, 0.3) is 5.91 Å². The molecule has 112 valence electrons. The topological polar surface area (TPSA) is 135 Å². The Morgan fingerprint density at radius 1 is 1.04 bits per heavy atom. The Morgan fingerprint density at radius 3 is 2.39 bits per heavy atom. The molecule has 1 atom stereocenters. The monoisotopic (exact) mass is 325 g/mol. The van der Waals surface area contributed by atoms with Gasteiger partial charge in [0.15, 0.2) is 11.0 Å². The van der Waals surface area contributed by atoms with E-state index in [1.165, 1.54) is 12.1 Å². The van der Waals surface area contributed by atoms with Gasteiger partial charge in [-0.1, -0.05) is 28.4 Å². The average molecular weight is 325 g/mol. The van der Waals surface area contributed by atoms with Gasteiger partial charge in [0.1, 0.15) is 0 Å². The van der Waals surface area contributed by atoms with Crippen molar-refractivity contribution >= 4 is 34.0 Å². The van der Waals surface area contributed by atoms with Crippen LogP contribution in [0.4, 0.5) is 17.1 Å². The molecule has 9 nitrogen and oxygen atoms in total. The molecule has 3 rings (SSSR count). The smallest absolute Gasteiger partial charge is 0.268 e. The van der Waals surface area contributed by atoms with Crippen molar-refractivity contribution in [2.45, 2.75) is 4.90 Å². The van der Waals surface area contributed by atoms with Crippen molar-refractivity contribution in [3.63, 3.8) is 0 Å². The van der Waals surface area contributed by atoms with E-state index in [0.29, 0.717) is 5.69 Å². The van der Waals surface area contributed by atoms with E-state index in [9.17, 15) is 9.00 Å². The van der Waals surface area contributed by atoms with Crippen molar-refractivity contribution in [2.75, 3.05) is 4.31 Å². The summed E-state index contributed by atoms with van der Waals surface area (Å²) in [5.41, 5.74) is 17.8. The first kappa shape index (κ1) is 14.6. The van der Waals surface area contributed by atoms with Crippen LogP contribution < -0.4 is 4.31 Å². The zero-order valence-electron chi connectivity index (χ0n) is 11.4. The zero-order chi connectivity index (χ0) is 16.4. The van der Waals surface area contributed by atoms with E-state index in [4.69, 9.17) is 11.1 Å². The van der Waals surface area contributed by atoms with E-state index >= 15 is 0 Å². The number of amides is 1. The molecule has 0 bridgehead atoms. The van der Waals surface area contributed by atoms with E-state index in [0.717, 1.165) is 4.31 Å². The summed E-state index contributed by atoms with van der Waals surface area (Å²) in [5.74, 6) is -0.542. The number of hydrogen-bond acceptors (Lipinski definition) is 4. The lowest BCUT2D eigenvalue weighted by Gasteiger charge is -2.13. The molecule has 0 radical (unpaired) electrons. The second-order valence-corrected chi connectivity index (χ2v) is 5.70. The van der Waals surface area contributed by atoms with Gasteiger partial charge in [-0.05, 0) is 35.3 Å². The summed E-state index contributed by atoms with van der Waals surface area (Å²) in [6, 6.07) is 11.1. The lowest BCUT2D eigenvalue weighted by molar-refractivity contribution is 0.101. The third-order valence-electron chi connectivity index (χ3n) is 3.12. The van der Waals surface area contributed by atoms with Gasteiger partial charge in [-0.15, -0.1) is 0 Å². The number of carbonyl (C=O) groups excluding carboxylic acids is 1. The second kappa shape index (κ2) is 5.82. The van der Waals surface area contributed by atoms with Crippen LogP contribution in [0.3, 0.4) is 0 Å². The fourth-order valence-corrected chi connectivity index (χ4v) is 3.57. The van der Waals surface area contributed by atoms with Gasteiger partial charge in [0.05, 0.1) is 21.8 Å². The number of para-hydroxylation sites is 1. The first-order valence-corrected chi connectivity index (χ1v) is 7.37. The van der Waals surface area contributed by atoms with Crippen molar-refractivity contribution in [1.82, 2.24) is 0 Å². The van der Waals surface area contributed by atoms with Crippen molar-refractivity contribution < 1.29 is 9.00 Å². The summed E-state index contributed by atoms with van der Waals surface area (Å²) in [7, 11) is -1.83. The maximum absolute atomic E-state index is 12.7. The standard InChI is InChI=1S/C13H7N7O2S/c14-18-16-8-6-10(17-19-15)12-11(7-8)23(22)20(13(12)21)9-4-2-1-3-5-9/h1-7H. The number of nitrogens with zero attached hydrogens (tertiary/aromatic N) is 7. The van der Waals surface area contributed by atoms with Gasteiger partial charge in [-0.25, -0.2) is 8.51 Å². The molecular formula is C13H7N7O2S. The van der Waals surface area contributed by atoms with E-state index in [-0.39, 0.29) is 21.8 Å². The molecule has 23 heavy (non-hydrogen) atoms. The molecular weight excluding hydrogens is 318 g/mol. The molecule has 0 aromatic heterocycles. The Morgan fingerprint density at radius 2 is 1.74 bits per heavy atom. The highest BCUT2D eigenvalue weighted by Gasteiger charge is 2.37. The maximum Gasteiger partial charge on any atom is 0.272 e.